The Hall–Kier alpha value is -0.410. The van der Waals surface area contributed by atoms with E-state index in [1.807, 2.05) is 12.4 Å². The lowest BCUT2D eigenvalue weighted by molar-refractivity contribution is 0.168. The highest BCUT2D eigenvalue weighted by molar-refractivity contribution is 9.10. The molecule has 118 valence electrons. The Bertz CT molecular complexity index is 421. The van der Waals surface area contributed by atoms with E-state index in [2.05, 4.69) is 46.1 Å². The van der Waals surface area contributed by atoms with Crippen LogP contribution in [0, 0.1) is 17.8 Å². The first-order valence-corrected chi connectivity index (χ1v) is 9.32. The van der Waals surface area contributed by atoms with E-state index in [0.29, 0.717) is 0 Å². The highest BCUT2D eigenvalue weighted by Gasteiger charge is 2.29. The van der Waals surface area contributed by atoms with E-state index in [0.717, 1.165) is 28.8 Å². The molecule has 0 saturated heterocycles. The van der Waals surface area contributed by atoms with E-state index in [9.17, 15) is 0 Å². The van der Waals surface area contributed by atoms with Gasteiger partial charge < -0.3 is 5.32 Å². The SMILES string of the molecule is CCCC1CCC(CNCC)C(Cc2cncc(Br)c2)C1. The molecule has 0 amide bonds. The van der Waals surface area contributed by atoms with Crippen LogP contribution in [0.3, 0.4) is 0 Å². The van der Waals surface area contributed by atoms with Crippen LogP contribution in [0.2, 0.25) is 0 Å². The molecule has 0 aliphatic heterocycles. The van der Waals surface area contributed by atoms with Crippen molar-refractivity contribution in [3.05, 3.63) is 28.5 Å². The molecule has 1 N–H and O–H groups in total. The molecular weight excluding hydrogens is 324 g/mol. The molecule has 1 heterocycles. The fourth-order valence-electron chi connectivity index (χ4n) is 3.81. The van der Waals surface area contributed by atoms with Gasteiger partial charge in [-0.05, 0) is 77.7 Å². The van der Waals surface area contributed by atoms with Crippen molar-refractivity contribution in [2.24, 2.45) is 17.8 Å². The van der Waals surface area contributed by atoms with Crippen molar-refractivity contribution in [2.45, 2.75) is 52.4 Å². The summed E-state index contributed by atoms with van der Waals surface area (Å²) in [6.45, 7) is 6.79. The maximum absolute atomic E-state index is 4.33. The molecule has 1 aliphatic carbocycles. The molecule has 1 aliphatic rings. The van der Waals surface area contributed by atoms with Crippen molar-refractivity contribution in [2.75, 3.05) is 13.1 Å². The lowest BCUT2D eigenvalue weighted by Gasteiger charge is -2.36. The standard InChI is InChI=1S/C18H29BrN2/c1-3-5-14-6-7-16(12-20-4-2)17(8-14)9-15-10-18(19)13-21-11-15/h10-11,13-14,16-17,20H,3-9,12H2,1-2H3. The Morgan fingerprint density at radius 1 is 1.24 bits per heavy atom. The minimum atomic E-state index is 0.811. The summed E-state index contributed by atoms with van der Waals surface area (Å²) in [6, 6.07) is 2.24. The van der Waals surface area contributed by atoms with Gasteiger partial charge in [0.2, 0.25) is 0 Å². The summed E-state index contributed by atoms with van der Waals surface area (Å²) >= 11 is 3.55. The van der Waals surface area contributed by atoms with Crippen molar-refractivity contribution in [3.8, 4) is 0 Å². The van der Waals surface area contributed by atoms with E-state index < -0.39 is 0 Å². The van der Waals surface area contributed by atoms with Crippen LogP contribution in [0.4, 0.5) is 0 Å². The van der Waals surface area contributed by atoms with Gasteiger partial charge >= 0.3 is 0 Å². The van der Waals surface area contributed by atoms with Crippen LogP contribution in [0.25, 0.3) is 0 Å². The third kappa shape index (κ3) is 5.37. The van der Waals surface area contributed by atoms with Crippen LogP contribution in [0.1, 0.15) is 51.5 Å². The molecule has 2 nitrogen and oxygen atoms in total. The van der Waals surface area contributed by atoms with Crippen LogP contribution in [0.5, 0.6) is 0 Å². The summed E-state index contributed by atoms with van der Waals surface area (Å²) in [7, 11) is 0. The second-order valence-electron chi connectivity index (χ2n) is 6.51. The van der Waals surface area contributed by atoms with Crippen molar-refractivity contribution in [3.63, 3.8) is 0 Å². The molecule has 3 heteroatoms. The van der Waals surface area contributed by atoms with Crippen molar-refractivity contribution >= 4 is 15.9 Å². The highest BCUT2D eigenvalue weighted by atomic mass is 79.9. The minimum Gasteiger partial charge on any atom is -0.317 e. The fraction of sp³-hybridized carbons (Fsp3) is 0.722. The Kier molecular flexibility index (Phi) is 7.18. The predicted octanol–water partition coefficient (Wildman–Crippen LogP) is 4.83. The third-order valence-electron chi connectivity index (χ3n) is 4.86. The van der Waals surface area contributed by atoms with E-state index in [1.54, 1.807) is 0 Å². The van der Waals surface area contributed by atoms with Gasteiger partial charge in [-0.1, -0.05) is 33.1 Å². The maximum Gasteiger partial charge on any atom is 0.0410 e. The molecule has 1 aromatic rings. The topological polar surface area (TPSA) is 24.9 Å². The number of pyridine rings is 1. The molecule has 0 radical (unpaired) electrons. The quantitative estimate of drug-likeness (QED) is 0.760. The van der Waals surface area contributed by atoms with Gasteiger partial charge in [0.15, 0.2) is 0 Å². The monoisotopic (exact) mass is 352 g/mol. The zero-order valence-corrected chi connectivity index (χ0v) is 15.0. The first-order valence-electron chi connectivity index (χ1n) is 8.53. The van der Waals surface area contributed by atoms with Crippen molar-refractivity contribution in [1.29, 1.82) is 0 Å². The lowest BCUT2D eigenvalue weighted by Crippen LogP contribution is -2.34. The number of rotatable bonds is 7. The molecule has 3 unspecified atom stereocenters. The number of nitrogens with one attached hydrogen (secondary N) is 1. The molecule has 0 aromatic carbocycles. The minimum absolute atomic E-state index is 0.811. The fourth-order valence-corrected chi connectivity index (χ4v) is 4.23. The summed E-state index contributed by atoms with van der Waals surface area (Å²) in [6.07, 6.45) is 12.0. The van der Waals surface area contributed by atoms with Crippen molar-refractivity contribution < 1.29 is 0 Å². The average molecular weight is 353 g/mol. The summed E-state index contributed by atoms with van der Waals surface area (Å²) in [5.74, 6) is 2.58. The highest BCUT2D eigenvalue weighted by Crippen LogP contribution is 2.37. The smallest absolute Gasteiger partial charge is 0.0410 e. The molecule has 1 fully saturated rings. The average Bonchev–Trinajstić information content (AvgIpc) is 2.47. The molecular formula is C18H29BrN2. The number of hydrogen-bond acceptors (Lipinski definition) is 2. The molecule has 2 rings (SSSR count). The normalized spacial score (nSPS) is 26.0. The number of aromatic nitrogens is 1. The number of nitrogens with zero attached hydrogens (tertiary/aromatic N) is 1. The van der Waals surface area contributed by atoms with Gasteiger partial charge in [0.05, 0.1) is 0 Å². The molecule has 1 aromatic heterocycles. The van der Waals surface area contributed by atoms with Crippen LogP contribution >= 0.6 is 15.9 Å². The third-order valence-corrected chi connectivity index (χ3v) is 5.29. The van der Waals surface area contributed by atoms with Crippen LogP contribution in [0.15, 0.2) is 22.9 Å². The van der Waals surface area contributed by atoms with Crippen LogP contribution in [-0.2, 0) is 6.42 Å². The maximum atomic E-state index is 4.33. The Morgan fingerprint density at radius 2 is 2.10 bits per heavy atom. The molecule has 3 atom stereocenters. The Morgan fingerprint density at radius 3 is 2.81 bits per heavy atom. The lowest BCUT2D eigenvalue weighted by atomic mass is 9.70. The van der Waals surface area contributed by atoms with E-state index in [-0.39, 0.29) is 0 Å². The summed E-state index contributed by atoms with van der Waals surface area (Å²) < 4.78 is 1.10. The molecule has 0 spiro atoms. The van der Waals surface area contributed by atoms with Gasteiger partial charge in [0, 0.05) is 16.9 Å². The molecule has 1 saturated carbocycles. The zero-order valence-electron chi connectivity index (χ0n) is 13.4. The predicted molar refractivity (Wildman–Crippen MR) is 93.4 cm³/mol. The second-order valence-corrected chi connectivity index (χ2v) is 7.43. The van der Waals surface area contributed by atoms with E-state index >= 15 is 0 Å². The first-order chi connectivity index (χ1) is 10.2. The van der Waals surface area contributed by atoms with Gasteiger partial charge in [-0.25, -0.2) is 0 Å². The Labute approximate surface area is 138 Å². The van der Waals surface area contributed by atoms with Gasteiger partial charge in [0.1, 0.15) is 0 Å². The molecule has 21 heavy (non-hydrogen) atoms. The summed E-state index contributed by atoms with van der Waals surface area (Å²) in [5.41, 5.74) is 1.38. The van der Waals surface area contributed by atoms with E-state index in [1.165, 1.54) is 50.6 Å². The number of hydrogen-bond donors (Lipinski definition) is 1. The van der Waals surface area contributed by atoms with Crippen LogP contribution < -0.4 is 5.32 Å². The van der Waals surface area contributed by atoms with Crippen molar-refractivity contribution in [1.82, 2.24) is 10.3 Å². The largest absolute Gasteiger partial charge is 0.317 e. The summed E-state index contributed by atoms with van der Waals surface area (Å²) in [5, 5.41) is 3.57. The van der Waals surface area contributed by atoms with Gasteiger partial charge in [-0.3, -0.25) is 4.98 Å². The van der Waals surface area contributed by atoms with Gasteiger partial charge in [0.25, 0.3) is 0 Å². The number of halogens is 1. The Balaban J connectivity index is 2.01. The first kappa shape index (κ1) is 17.0. The van der Waals surface area contributed by atoms with E-state index in [4.69, 9.17) is 0 Å². The molecule has 0 bridgehead atoms. The second kappa shape index (κ2) is 8.89. The zero-order chi connectivity index (χ0) is 15.1. The van der Waals surface area contributed by atoms with Gasteiger partial charge in [-0.15, -0.1) is 0 Å². The summed E-state index contributed by atoms with van der Waals surface area (Å²) in [4.78, 5) is 4.33. The van der Waals surface area contributed by atoms with Gasteiger partial charge in [-0.2, -0.15) is 0 Å². The van der Waals surface area contributed by atoms with Crippen LogP contribution in [-0.4, -0.2) is 18.1 Å².